The summed E-state index contributed by atoms with van der Waals surface area (Å²) >= 11 is 0. The molecule has 0 spiro atoms. The highest BCUT2D eigenvalue weighted by Crippen LogP contribution is 2.36. The minimum absolute atomic E-state index is 0.0430. The third-order valence-corrected chi connectivity index (χ3v) is 3.04. The van der Waals surface area contributed by atoms with Crippen LogP contribution in [0.25, 0.3) is 11.1 Å². The summed E-state index contributed by atoms with van der Waals surface area (Å²) in [5, 5.41) is 18.5. The Bertz CT molecular complexity index is 710. The van der Waals surface area contributed by atoms with Crippen molar-refractivity contribution in [2.75, 3.05) is 0 Å². The van der Waals surface area contributed by atoms with Crippen molar-refractivity contribution in [2.45, 2.75) is 12.3 Å². The first kappa shape index (κ1) is 16.0. The predicted octanol–water partition coefficient (Wildman–Crippen LogP) is 3.63. The highest BCUT2D eigenvalue weighted by atomic mass is 19.4. The topological polar surface area (TPSA) is 57.5 Å². The van der Waals surface area contributed by atoms with Crippen LogP contribution in [-0.4, -0.2) is 16.2 Å². The van der Waals surface area contributed by atoms with Crippen LogP contribution in [0.15, 0.2) is 42.5 Å². The quantitative estimate of drug-likeness (QED) is 0.851. The molecule has 0 fully saturated rings. The van der Waals surface area contributed by atoms with Crippen LogP contribution < -0.4 is 0 Å². The van der Waals surface area contributed by atoms with Crippen LogP contribution in [-0.2, 0) is 11.0 Å². The summed E-state index contributed by atoms with van der Waals surface area (Å²) in [5.74, 6) is -2.30. The van der Waals surface area contributed by atoms with Crippen molar-refractivity contribution >= 4 is 5.97 Å². The van der Waals surface area contributed by atoms with Gasteiger partial charge < -0.3 is 10.2 Å². The van der Waals surface area contributed by atoms with Gasteiger partial charge in [0.1, 0.15) is 5.82 Å². The summed E-state index contributed by atoms with van der Waals surface area (Å²) < 4.78 is 51.7. The lowest BCUT2D eigenvalue weighted by Gasteiger charge is -2.16. The third kappa shape index (κ3) is 3.25. The molecule has 116 valence electrons. The fraction of sp³-hybridized carbons (Fsp3) is 0.133. The standard InChI is InChI=1S/C15H10F4O3/c16-10-3-1-2-8(6-10)12-7-9(15(17,18)19)4-5-11(12)13(20)14(21)22/h1-7,13,20H,(H,21,22). The molecule has 0 heterocycles. The second-order valence-electron chi connectivity index (χ2n) is 4.55. The average Bonchev–Trinajstić information content (AvgIpc) is 2.44. The van der Waals surface area contributed by atoms with Gasteiger partial charge >= 0.3 is 12.1 Å². The van der Waals surface area contributed by atoms with Gasteiger partial charge in [0.15, 0.2) is 6.10 Å². The van der Waals surface area contributed by atoms with E-state index in [2.05, 4.69) is 0 Å². The van der Waals surface area contributed by atoms with Crippen LogP contribution in [0, 0.1) is 5.82 Å². The van der Waals surface area contributed by atoms with E-state index in [0.29, 0.717) is 12.1 Å². The molecule has 1 unspecified atom stereocenters. The van der Waals surface area contributed by atoms with Crippen LogP contribution in [0.5, 0.6) is 0 Å². The van der Waals surface area contributed by atoms with Crippen LogP contribution in [0.3, 0.4) is 0 Å². The number of carboxylic acid groups (broad SMARTS) is 1. The molecule has 2 aromatic rings. The Labute approximate surface area is 122 Å². The zero-order valence-electron chi connectivity index (χ0n) is 10.9. The van der Waals surface area contributed by atoms with E-state index in [9.17, 15) is 27.5 Å². The molecule has 1 atom stereocenters. The highest BCUT2D eigenvalue weighted by Gasteiger charge is 2.32. The summed E-state index contributed by atoms with van der Waals surface area (Å²) in [4.78, 5) is 10.9. The Kier molecular flexibility index (Phi) is 4.18. The molecule has 3 nitrogen and oxygen atoms in total. The summed E-state index contributed by atoms with van der Waals surface area (Å²) in [6, 6.07) is 6.92. The van der Waals surface area contributed by atoms with E-state index in [1.807, 2.05) is 0 Å². The number of rotatable bonds is 3. The largest absolute Gasteiger partial charge is 0.479 e. The summed E-state index contributed by atoms with van der Waals surface area (Å²) in [6.07, 6.45) is -6.66. The minimum atomic E-state index is -4.64. The van der Waals surface area contributed by atoms with E-state index >= 15 is 0 Å². The van der Waals surface area contributed by atoms with Crippen molar-refractivity contribution < 1.29 is 32.6 Å². The lowest BCUT2D eigenvalue weighted by molar-refractivity contribution is -0.146. The summed E-state index contributed by atoms with van der Waals surface area (Å²) in [6.45, 7) is 0. The zero-order valence-corrected chi connectivity index (χ0v) is 10.9. The fourth-order valence-electron chi connectivity index (χ4n) is 2.01. The Morgan fingerprint density at radius 2 is 1.77 bits per heavy atom. The number of hydrogen-bond donors (Lipinski definition) is 2. The summed E-state index contributed by atoms with van der Waals surface area (Å²) in [5.41, 5.74) is -1.41. The van der Waals surface area contributed by atoms with Crippen LogP contribution in [0.4, 0.5) is 17.6 Å². The maximum Gasteiger partial charge on any atom is 0.416 e. The number of carbonyl (C=O) groups is 1. The average molecular weight is 314 g/mol. The van der Waals surface area contributed by atoms with Gasteiger partial charge in [-0.05, 0) is 41.0 Å². The van der Waals surface area contributed by atoms with Crippen molar-refractivity contribution in [3.8, 4) is 11.1 Å². The Balaban J connectivity index is 2.68. The Morgan fingerprint density at radius 1 is 1.09 bits per heavy atom. The van der Waals surface area contributed by atoms with E-state index in [1.165, 1.54) is 12.1 Å². The fourth-order valence-corrected chi connectivity index (χ4v) is 2.01. The van der Waals surface area contributed by atoms with Crippen molar-refractivity contribution in [1.82, 2.24) is 0 Å². The van der Waals surface area contributed by atoms with Crippen molar-refractivity contribution in [1.29, 1.82) is 0 Å². The molecule has 0 saturated heterocycles. The van der Waals surface area contributed by atoms with E-state index in [1.54, 1.807) is 0 Å². The number of benzene rings is 2. The van der Waals surface area contributed by atoms with Crippen LogP contribution in [0.1, 0.15) is 17.2 Å². The molecule has 0 aliphatic rings. The van der Waals surface area contributed by atoms with Gasteiger partial charge in [-0.1, -0.05) is 18.2 Å². The molecule has 0 amide bonds. The molecule has 0 bridgehead atoms. The Morgan fingerprint density at radius 3 is 2.32 bits per heavy atom. The molecular weight excluding hydrogens is 304 g/mol. The number of halogens is 4. The first-order chi connectivity index (χ1) is 10.2. The molecule has 0 aliphatic carbocycles. The molecule has 2 N–H and O–H groups in total. The molecule has 0 aromatic heterocycles. The van der Waals surface area contributed by atoms with Crippen molar-refractivity contribution in [2.24, 2.45) is 0 Å². The maximum atomic E-state index is 13.3. The SMILES string of the molecule is O=C(O)C(O)c1ccc(C(F)(F)F)cc1-c1cccc(F)c1. The molecule has 22 heavy (non-hydrogen) atoms. The highest BCUT2D eigenvalue weighted by molar-refractivity contribution is 5.80. The molecule has 0 aliphatic heterocycles. The molecule has 0 saturated carbocycles. The van der Waals surface area contributed by atoms with Gasteiger partial charge in [0, 0.05) is 0 Å². The number of aliphatic hydroxyl groups is 1. The van der Waals surface area contributed by atoms with E-state index in [0.717, 1.165) is 18.2 Å². The number of aliphatic hydroxyl groups excluding tert-OH is 1. The maximum absolute atomic E-state index is 13.3. The van der Waals surface area contributed by atoms with Gasteiger partial charge in [-0.25, -0.2) is 9.18 Å². The van der Waals surface area contributed by atoms with Crippen molar-refractivity contribution in [3.05, 3.63) is 59.4 Å². The van der Waals surface area contributed by atoms with Gasteiger partial charge in [-0.3, -0.25) is 0 Å². The van der Waals surface area contributed by atoms with Gasteiger partial charge in [-0.15, -0.1) is 0 Å². The predicted molar refractivity (Wildman–Crippen MR) is 69.4 cm³/mol. The number of carboxylic acids is 1. The molecule has 0 radical (unpaired) electrons. The number of hydrogen-bond acceptors (Lipinski definition) is 2. The molecule has 2 aromatic carbocycles. The van der Waals surface area contributed by atoms with Crippen LogP contribution in [0.2, 0.25) is 0 Å². The second-order valence-corrected chi connectivity index (χ2v) is 4.55. The van der Waals surface area contributed by atoms with Gasteiger partial charge in [0.2, 0.25) is 0 Å². The summed E-state index contributed by atoms with van der Waals surface area (Å²) in [7, 11) is 0. The van der Waals surface area contributed by atoms with Gasteiger partial charge in [0.05, 0.1) is 5.56 Å². The minimum Gasteiger partial charge on any atom is -0.479 e. The molecule has 2 rings (SSSR count). The van der Waals surface area contributed by atoms with E-state index in [4.69, 9.17) is 5.11 Å². The Hall–Kier alpha value is -2.41. The van der Waals surface area contributed by atoms with E-state index in [-0.39, 0.29) is 16.7 Å². The molecule has 7 heteroatoms. The van der Waals surface area contributed by atoms with Gasteiger partial charge in [-0.2, -0.15) is 13.2 Å². The normalized spacial score (nSPS) is 13.0. The first-order valence-electron chi connectivity index (χ1n) is 6.08. The second kappa shape index (κ2) is 5.76. The smallest absolute Gasteiger partial charge is 0.416 e. The lowest BCUT2D eigenvalue weighted by Crippen LogP contribution is -2.13. The zero-order chi connectivity index (χ0) is 16.5. The monoisotopic (exact) mass is 314 g/mol. The number of alkyl halides is 3. The molecular formula is C15H10F4O3. The van der Waals surface area contributed by atoms with Crippen LogP contribution >= 0.6 is 0 Å². The lowest BCUT2D eigenvalue weighted by atomic mass is 9.94. The van der Waals surface area contributed by atoms with E-state index < -0.39 is 29.6 Å². The van der Waals surface area contributed by atoms with Crippen molar-refractivity contribution in [3.63, 3.8) is 0 Å². The van der Waals surface area contributed by atoms with Gasteiger partial charge in [0.25, 0.3) is 0 Å². The third-order valence-electron chi connectivity index (χ3n) is 3.04. The first-order valence-corrected chi connectivity index (χ1v) is 6.08. The number of aliphatic carboxylic acids is 1.